The Hall–Kier alpha value is -4.03. The molecule has 3 heterocycles. The van der Waals surface area contributed by atoms with Gasteiger partial charge >= 0.3 is 6.18 Å². The van der Waals surface area contributed by atoms with E-state index in [1.165, 1.54) is 0 Å². The maximum Gasteiger partial charge on any atom is 0.421 e. The molecule has 1 amide bonds. The molecule has 1 aliphatic rings. The molecular formula is C22H20F3N7O3. The zero-order valence-corrected chi connectivity index (χ0v) is 18.7. The number of fused-ring (bicyclic) bond motifs is 1. The number of rotatable bonds is 7. The molecule has 13 heteroatoms. The molecule has 1 aromatic carbocycles. The van der Waals surface area contributed by atoms with Gasteiger partial charge in [-0.3, -0.25) is 9.78 Å². The molecule has 0 aliphatic heterocycles. The summed E-state index contributed by atoms with van der Waals surface area (Å²) in [5.41, 5.74) is -1.65. The topological polar surface area (TPSA) is 121 Å². The number of nitrogens with one attached hydrogen (secondary N) is 1. The van der Waals surface area contributed by atoms with Crippen molar-refractivity contribution in [3.05, 3.63) is 59.5 Å². The lowest BCUT2D eigenvalue weighted by Crippen LogP contribution is -2.45. The van der Waals surface area contributed by atoms with Crippen LogP contribution in [0.3, 0.4) is 0 Å². The average molecular weight is 487 g/mol. The maximum atomic E-state index is 13.7. The minimum Gasteiger partial charge on any atom is -0.355 e. The highest BCUT2D eigenvalue weighted by atomic mass is 19.4. The Balaban J connectivity index is 1.48. The van der Waals surface area contributed by atoms with E-state index < -0.39 is 28.9 Å². The molecule has 0 saturated heterocycles. The number of amides is 1. The van der Waals surface area contributed by atoms with Crippen LogP contribution < -0.4 is 10.2 Å². The zero-order valence-electron chi connectivity index (χ0n) is 18.7. The van der Waals surface area contributed by atoms with Gasteiger partial charge in [0.1, 0.15) is 27.8 Å². The van der Waals surface area contributed by atoms with Crippen molar-refractivity contribution in [3.8, 4) is 5.75 Å². The highest BCUT2D eigenvalue weighted by Crippen LogP contribution is 2.40. The van der Waals surface area contributed by atoms with E-state index >= 15 is 0 Å². The summed E-state index contributed by atoms with van der Waals surface area (Å²) in [6.07, 6.45) is -1.67. The van der Waals surface area contributed by atoms with Gasteiger partial charge in [0.15, 0.2) is 11.6 Å². The number of para-hydroxylation sites is 1. The molecule has 4 aromatic rings. The van der Waals surface area contributed by atoms with Gasteiger partial charge in [0.05, 0.1) is 0 Å². The van der Waals surface area contributed by atoms with Crippen LogP contribution in [0, 0.1) is 12.8 Å². The van der Waals surface area contributed by atoms with Gasteiger partial charge in [-0.1, -0.05) is 35.0 Å². The van der Waals surface area contributed by atoms with E-state index in [9.17, 15) is 18.0 Å². The number of benzene rings is 1. The van der Waals surface area contributed by atoms with E-state index in [1.54, 1.807) is 38.1 Å². The van der Waals surface area contributed by atoms with Gasteiger partial charge in [-0.15, -0.1) is 5.10 Å². The molecule has 0 spiro atoms. The Kier molecular flexibility index (Phi) is 5.41. The fourth-order valence-electron chi connectivity index (χ4n) is 3.79. The van der Waals surface area contributed by atoms with E-state index in [4.69, 9.17) is 9.36 Å². The molecule has 35 heavy (non-hydrogen) atoms. The first-order valence-corrected chi connectivity index (χ1v) is 10.8. The van der Waals surface area contributed by atoms with Crippen LogP contribution in [-0.4, -0.2) is 36.2 Å². The number of hydrogen-bond acceptors (Lipinski definition) is 8. The lowest BCUT2D eigenvalue weighted by Gasteiger charge is -2.27. The lowest BCUT2D eigenvalue weighted by atomic mass is 9.93. The van der Waals surface area contributed by atoms with E-state index in [1.807, 2.05) is 0 Å². The standard InChI is InChI=1S/C22H20F3N7O3/c1-12-27-20(30-34-12)21(2,10-13-7-8-13)28-19(33)16-9-18(14(11-26-16)22(23,24)25)35-32-17-6-4-3-5-15(17)29-31-32/h3-6,9,11,13H,7-8,10H2,1-2H3,(H,28,33). The smallest absolute Gasteiger partial charge is 0.355 e. The summed E-state index contributed by atoms with van der Waals surface area (Å²) in [4.78, 5) is 27.4. The summed E-state index contributed by atoms with van der Waals surface area (Å²) < 4.78 is 46.1. The van der Waals surface area contributed by atoms with Gasteiger partial charge < -0.3 is 14.7 Å². The third-order valence-corrected chi connectivity index (χ3v) is 5.71. The van der Waals surface area contributed by atoms with Gasteiger partial charge in [-0.2, -0.15) is 18.2 Å². The first-order valence-electron chi connectivity index (χ1n) is 10.8. The minimum absolute atomic E-state index is 0.278. The Labute approximate surface area is 196 Å². The van der Waals surface area contributed by atoms with Gasteiger partial charge in [-0.05, 0) is 36.6 Å². The number of pyridine rings is 1. The minimum atomic E-state index is -4.78. The van der Waals surface area contributed by atoms with Gasteiger partial charge in [-0.25, -0.2) is 0 Å². The second-order valence-corrected chi connectivity index (χ2v) is 8.68. The van der Waals surface area contributed by atoms with Crippen molar-refractivity contribution in [2.45, 2.75) is 44.8 Å². The average Bonchev–Trinajstić information content (AvgIpc) is 3.34. The molecule has 1 atom stereocenters. The van der Waals surface area contributed by atoms with Crippen LogP contribution in [0.2, 0.25) is 0 Å². The molecule has 1 N–H and O–H groups in total. The largest absolute Gasteiger partial charge is 0.421 e. The normalized spacial score (nSPS) is 15.7. The van der Waals surface area contributed by atoms with Crippen LogP contribution in [0.15, 0.2) is 41.1 Å². The van der Waals surface area contributed by atoms with E-state index in [2.05, 4.69) is 30.8 Å². The van der Waals surface area contributed by atoms with Gasteiger partial charge in [0.25, 0.3) is 5.91 Å². The Bertz CT molecular complexity index is 1400. The van der Waals surface area contributed by atoms with Crippen LogP contribution in [0.4, 0.5) is 13.2 Å². The number of halogens is 3. The number of hydrogen-bond donors (Lipinski definition) is 1. The summed E-state index contributed by atoms with van der Waals surface area (Å²) in [6, 6.07) is 7.53. The first kappa shape index (κ1) is 22.7. The van der Waals surface area contributed by atoms with Crippen LogP contribution >= 0.6 is 0 Å². The monoisotopic (exact) mass is 487 g/mol. The van der Waals surface area contributed by atoms with E-state index in [0.717, 1.165) is 23.8 Å². The Morgan fingerprint density at radius 3 is 2.74 bits per heavy atom. The van der Waals surface area contributed by atoms with Crippen molar-refractivity contribution in [1.29, 1.82) is 0 Å². The number of carbonyl (C=O) groups is 1. The van der Waals surface area contributed by atoms with Crippen molar-refractivity contribution < 1.29 is 27.3 Å². The molecule has 3 aromatic heterocycles. The van der Waals surface area contributed by atoms with Crippen LogP contribution in [0.25, 0.3) is 11.0 Å². The summed E-state index contributed by atoms with van der Waals surface area (Å²) in [6.45, 7) is 3.38. The molecular weight excluding hydrogens is 467 g/mol. The predicted octanol–water partition coefficient (Wildman–Crippen LogP) is 3.82. The second-order valence-electron chi connectivity index (χ2n) is 8.68. The lowest BCUT2D eigenvalue weighted by molar-refractivity contribution is -0.139. The van der Waals surface area contributed by atoms with Crippen molar-refractivity contribution in [2.75, 3.05) is 0 Å². The second kappa shape index (κ2) is 8.32. The van der Waals surface area contributed by atoms with Crippen molar-refractivity contribution in [2.24, 2.45) is 5.92 Å². The first-order chi connectivity index (χ1) is 16.6. The molecule has 1 unspecified atom stereocenters. The SMILES string of the molecule is Cc1nc(C(C)(CC2CC2)NC(=O)c2cc(On3nnc4ccccc43)c(C(F)(F)F)cn2)no1. The summed E-state index contributed by atoms with van der Waals surface area (Å²) in [5.74, 6) is -0.364. The maximum absolute atomic E-state index is 13.7. The zero-order chi connectivity index (χ0) is 24.8. The quantitative estimate of drug-likeness (QED) is 0.418. The highest BCUT2D eigenvalue weighted by molar-refractivity contribution is 5.93. The molecule has 10 nitrogen and oxygen atoms in total. The van der Waals surface area contributed by atoms with Crippen LogP contribution in [0.5, 0.6) is 5.75 Å². The Morgan fingerprint density at radius 1 is 1.29 bits per heavy atom. The van der Waals surface area contributed by atoms with Crippen LogP contribution in [0.1, 0.15) is 54.0 Å². The molecule has 5 rings (SSSR count). The number of aromatic nitrogens is 6. The van der Waals surface area contributed by atoms with Gasteiger partial charge in [0.2, 0.25) is 5.89 Å². The van der Waals surface area contributed by atoms with Crippen molar-refractivity contribution >= 4 is 16.9 Å². The summed E-state index contributed by atoms with van der Waals surface area (Å²) >= 11 is 0. The fraction of sp³-hybridized carbons (Fsp3) is 0.364. The fourth-order valence-corrected chi connectivity index (χ4v) is 3.79. The third-order valence-electron chi connectivity index (χ3n) is 5.71. The van der Waals surface area contributed by atoms with E-state index in [0.29, 0.717) is 35.5 Å². The number of carbonyl (C=O) groups excluding carboxylic acids is 1. The summed E-state index contributed by atoms with van der Waals surface area (Å²) in [7, 11) is 0. The molecule has 1 fully saturated rings. The number of aryl methyl sites for hydroxylation is 1. The van der Waals surface area contributed by atoms with Gasteiger partial charge in [0, 0.05) is 19.2 Å². The molecule has 1 aliphatic carbocycles. The Morgan fingerprint density at radius 2 is 2.06 bits per heavy atom. The van der Waals surface area contributed by atoms with E-state index in [-0.39, 0.29) is 11.5 Å². The highest BCUT2D eigenvalue weighted by Gasteiger charge is 2.41. The molecule has 1 saturated carbocycles. The predicted molar refractivity (Wildman–Crippen MR) is 114 cm³/mol. The summed E-state index contributed by atoms with van der Waals surface area (Å²) in [5, 5.41) is 14.4. The number of alkyl halides is 3. The van der Waals surface area contributed by atoms with Crippen molar-refractivity contribution in [3.63, 3.8) is 0 Å². The van der Waals surface area contributed by atoms with Crippen molar-refractivity contribution in [1.82, 2.24) is 35.6 Å². The molecule has 0 bridgehead atoms. The third kappa shape index (κ3) is 4.66. The van der Waals surface area contributed by atoms with Crippen LogP contribution in [-0.2, 0) is 11.7 Å². The molecule has 182 valence electrons. The molecule has 0 radical (unpaired) electrons. The number of nitrogens with zero attached hydrogens (tertiary/aromatic N) is 6.